The third kappa shape index (κ3) is 3.91. The molecule has 2 atom stereocenters. The molecule has 0 aromatic heterocycles. The number of hydrogen-bond donors (Lipinski definition) is 2. The van der Waals surface area contributed by atoms with E-state index in [1.54, 1.807) is 0 Å². The lowest BCUT2D eigenvalue weighted by Crippen LogP contribution is -2.02. The molecule has 2 aliphatic rings. The van der Waals surface area contributed by atoms with Crippen LogP contribution in [0.1, 0.15) is 0 Å². The van der Waals surface area contributed by atoms with Crippen LogP contribution in [0.2, 0.25) is 0 Å². The molecule has 194 valence electrons. The number of fused-ring (bicyclic) bond motifs is 4. The van der Waals surface area contributed by atoms with Gasteiger partial charge in [0.05, 0.1) is 0 Å². The van der Waals surface area contributed by atoms with E-state index < -0.39 is 21.8 Å². The van der Waals surface area contributed by atoms with E-state index in [-0.39, 0.29) is 0 Å². The Morgan fingerprint density at radius 3 is 1.15 bits per heavy atom. The highest BCUT2D eigenvalue weighted by molar-refractivity contribution is 8.17. The van der Waals surface area contributed by atoms with Crippen molar-refractivity contribution < 1.29 is 9.47 Å². The molecule has 0 aliphatic carbocycles. The Kier molecular flexibility index (Phi) is 5.68. The second kappa shape index (κ2) is 9.67. The van der Waals surface area contributed by atoms with Crippen LogP contribution in [0.5, 0.6) is 23.0 Å². The molecule has 0 radical (unpaired) electrons. The third-order valence-corrected chi connectivity index (χ3v) is 12.4. The van der Waals surface area contributed by atoms with E-state index in [4.69, 9.17) is 9.47 Å². The molecule has 0 fully saturated rings. The molecule has 2 heterocycles. The standard InChI is InChI=1S/C36H26O2S2/c1-3-11-27(12-4-1)39-33-17-9-7-15-29(33)37-31-23-25(19-21-35(31)39)26-20-22-36-32(24-26)38-30-16-8-10-18-34(30)40(36)28-13-5-2-6-14-28/h1-24,39-40H. The molecule has 0 amide bonds. The van der Waals surface area contributed by atoms with Crippen molar-refractivity contribution in [1.29, 1.82) is 0 Å². The molecule has 40 heavy (non-hydrogen) atoms. The van der Waals surface area contributed by atoms with Crippen molar-refractivity contribution in [1.82, 2.24) is 0 Å². The first kappa shape index (κ1) is 23.5. The van der Waals surface area contributed by atoms with Crippen molar-refractivity contribution in [2.45, 2.75) is 29.4 Å². The predicted molar refractivity (Wildman–Crippen MR) is 165 cm³/mol. The first-order valence-corrected chi connectivity index (χ1v) is 16.0. The summed E-state index contributed by atoms with van der Waals surface area (Å²) in [6, 6.07) is 51.8. The summed E-state index contributed by atoms with van der Waals surface area (Å²) in [5, 5.41) is 0. The zero-order valence-electron chi connectivity index (χ0n) is 21.6. The van der Waals surface area contributed by atoms with Crippen LogP contribution in [0.15, 0.2) is 175 Å². The van der Waals surface area contributed by atoms with Gasteiger partial charge in [-0.25, -0.2) is 0 Å². The molecule has 2 nitrogen and oxygen atoms in total. The molecule has 0 saturated heterocycles. The number of para-hydroxylation sites is 2. The molecule has 0 saturated carbocycles. The van der Waals surface area contributed by atoms with Crippen LogP contribution < -0.4 is 9.47 Å². The fourth-order valence-electron chi connectivity index (χ4n) is 5.58. The van der Waals surface area contributed by atoms with Gasteiger partial charge in [0.2, 0.25) is 0 Å². The van der Waals surface area contributed by atoms with Gasteiger partial charge in [-0.1, -0.05) is 72.8 Å². The Morgan fingerprint density at radius 2 is 0.700 bits per heavy atom. The van der Waals surface area contributed by atoms with Gasteiger partial charge >= 0.3 is 0 Å². The van der Waals surface area contributed by atoms with Crippen LogP contribution in [-0.4, -0.2) is 0 Å². The minimum absolute atomic E-state index is 0.696. The van der Waals surface area contributed by atoms with Crippen molar-refractivity contribution >= 4 is 21.8 Å². The molecule has 0 N–H and O–H groups in total. The van der Waals surface area contributed by atoms with Gasteiger partial charge in [0, 0.05) is 19.6 Å². The number of benzene rings is 6. The summed E-state index contributed by atoms with van der Waals surface area (Å²) < 4.78 is 13.0. The van der Waals surface area contributed by atoms with Crippen molar-refractivity contribution in [3.63, 3.8) is 0 Å². The van der Waals surface area contributed by atoms with E-state index in [0.717, 1.165) is 34.1 Å². The number of ether oxygens (including phenoxy) is 2. The SMILES string of the molecule is c1ccc([SH]2c3ccccc3Oc3cc(-c4ccc5c(c4)Oc4ccccc4[SH]5c4ccccc4)ccc32)cc1. The normalized spacial score (nSPS) is 18.2. The van der Waals surface area contributed by atoms with Gasteiger partial charge in [-0.15, -0.1) is 0 Å². The summed E-state index contributed by atoms with van der Waals surface area (Å²) in [6.45, 7) is 0. The maximum absolute atomic E-state index is 6.51. The Hall–Kier alpha value is -4.38. The van der Waals surface area contributed by atoms with Crippen LogP contribution >= 0.6 is 21.8 Å². The highest BCUT2D eigenvalue weighted by Gasteiger charge is 2.28. The number of rotatable bonds is 3. The Morgan fingerprint density at radius 1 is 0.325 bits per heavy atom. The van der Waals surface area contributed by atoms with E-state index in [1.165, 1.54) is 29.4 Å². The van der Waals surface area contributed by atoms with Gasteiger partial charge in [-0.2, -0.15) is 21.8 Å². The highest BCUT2D eigenvalue weighted by atomic mass is 32.2. The summed E-state index contributed by atoms with van der Waals surface area (Å²) in [4.78, 5) is 7.69. The van der Waals surface area contributed by atoms with Crippen LogP contribution in [-0.2, 0) is 0 Å². The zero-order chi connectivity index (χ0) is 26.5. The van der Waals surface area contributed by atoms with Crippen molar-refractivity contribution in [2.75, 3.05) is 0 Å². The lowest BCUT2D eigenvalue weighted by atomic mass is 10.0. The highest BCUT2D eigenvalue weighted by Crippen LogP contribution is 2.63. The molecule has 2 aliphatic heterocycles. The molecule has 6 aromatic rings. The van der Waals surface area contributed by atoms with Crippen molar-refractivity contribution in [3.8, 4) is 34.1 Å². The quantitative estimate of drug-likeness (QED) is 0.212. The second-order valence-electron chi connectivity index (χ2n) is 9.85. The first-order chi connectivity index (χ1) is 19.8. The second-order valence-corrected chi connectivity index (χ2v) is 14.1. The molecule has 0 bridgehead atoms. The summed E-state index contributed by atoms with van der Waals surface area (Å²) in [7, 11) is -1.39. The van der Waals surface area contributed by atoms with Gasteiger partial charge in [0.25, 0.3) is 0 Å². The molecule has 0 spiro atoms. The first-order valence-electron chi connectivity index (χ1n) is 13.4. The van der Waals surface area contributed by atoms with E-state index in [2.05, 4.69) is 146 Å². The minimum atomic E-state index is -0.696. The molecule has 4 heteroatoms. The third-order valence-electron chi connectivity index (χ3n) is 7.42. The van der Waals surface area contributed by atoms with E-state index >= 15 is 0 Å². The van der Waals surface area contributed by atoms with E-state index in [1.807, 2.05) is 0 Å². The molecular formula is C36H26O2S2. The molecule has 6 aromatic carbocycles. The average molecular weight is 555 g/mol. The maximum Gasteiger partial charge on any atom is 0.140 e. The average Bonchev–Trinajstić information content (AvgIpc) is 3.02. The van der Waals surface area contributed by atoms with Crippen LogP contribution in [0, 0.1) is 0 Å². The molecule has 8 rings (SSSR count). The summed E-state index contributed by atoms with van der Waals surface area (Å²) in [5.41, 5.74) is 2.24. The van der Waals surface area contributed by atoms with Gasteiger partial charge in [0.15, 0.2) is 0 Å². The lowest BCUT2D eigenvalue weighted by Gasteiger charge is -2.32. The minimum Gasteiger partial charge on any atom is -0.455 e. The monoisotopic (exact) mass is 554 g/mol. The van der Waals surface area contributed by atoms with Gasteiger partial charge in [-0.3, -0.25) is 0 Å². The maximum atomic E-state index is 6.51. The fraction of sp³-hybridized carbons (Fsp3) is 0. The van der Waals surface area contributed by atoms with Crippen LogP contribution in [0.25, 0.3) is 11.1 Å². The Labute approximate surface area is 239 Å². The van der Waals surface area contributed by atoms with E-state index in [9.17, 15) is 0 Å². The molecule has 2 unspecified atom stereocenters. The van der Waals surface area contributed by atoms with Gasteiger partial charge in [0.1, 0.15) is 23.0 Å². The van der Waals surface area contributed by atoms with Crippen molar-refractivity contribution in [3.05, 3.63) is 146 Å². The predicted octanol–water partition coefficient (Wildman–Crippen LogP) is 10.5. The topological polar surface area (TPSA) is 18.5 Å². The van der Waals surface area contributed by atoms with Crippen LogP contribution in [0.3, 0.4) is 0 Å². The van der Waals surface area contributed by atoms with E-state index in [0.29, 0.717) is 0 Å². The largest absolute Gasteiger partial charge is 0.455 e. The summed E-state index contributed by atoms with van der Waals surface area (Å²) >= 11 is 0. The van der Waals surface area contributed by atoms with Gasteiger partial charge in [-0.05, 0) is 93.7 Å². The summed E-state index contributed by atoms with van der Waals surface area (Å²) in [5.74, 6) is 3.75. The fourth-order valence-corrected chi connectivity index (χ4v) is 10.4. The van der Waals surface area contributed by atoms with Gasteiger partial charge < -0.3 is 9.47 Å². The smallest absolute Gasteiger partial charge is 0.140 e. The number of hydrogen-bond acceptors (Lipinski definition) is 2. The lowest BCUT2D eigenvalue weighted by molar-refractivity contribution is 0.452. The Bertz CT molecular complexity index is 1730. The number of thiol groups is 2. The van der Waals surface area contributed by atoms with Crippen molar-refractivity contribution in [2.24, 2.45) is 0 Å². The van der Waals surface area contributed by atoms with Crippen LogP contribution in [0.4, 0.5) is 0 Å². The molecular weight excluding hydrogens is 529 g/mol. The Balaban J connectivity index is 1.22. The zero-order valence-corrected chi connectivity index (χ0v) is 23.4. The summed E-state index contributed by atoms with van der Waals surface area (Å²) in [6.07, 6.45) is 0.